The van der Waals surface area contributed by atoms with Crippen molar-refractivity contribution in [1.82, 2.24) is 0 Å². The number of hydrogen-bond acceptors (Lipinski definition) is 1. The molecule has 0 aliphatic rings. The Kier molecular flexibility index (Phi) is 5.82. The van der Waals surface area contributed by atoms with Crippen molar-refractivity contribution >= 4 is 26.7 Å². The van der Waals surface area contributed by atoms with Gasteiger partial charge in [-0.2, -0.15) is 48.3 Å². The third kappa shape index (κ3) is 3.82. The maximum Gasteiger partial charge on any atom is 0.475 e. The lowest BCUT2D eigenvalue weighted by atomic mass is 9.88. The van der Waals surface area contributed by atoms with Gasteiger partial charge in [0.05, 0.1) is 0 Å². The minimum Gasteiger partial charge on any atom is -0.245 e. The summed E-state index contributed by atoms with van der Waals surface area (Å²) in [6.45, 7) is 0. The first-order valence-corrected chi connectivity index (χ1v) is 7.71. The Balaban J connectivity index is 3.82. The molecule has 0 heterocycles. The number of halogens is 13. The van der Waals surface area contributed by atoms with E-state index in [-0.39, 0.29) is 12.1 Å². The second kappa shape index (κ2) is 6.56. The Bertz CT molecular complexity index is 707. The van der Waals surface area contributed by atoms with E-state index in [0.717, 1.165) is 0 Å². The third-order valence-corrected chi connectivity index (χ3v) is 4.41. The Hall–Kier alpha value is -0.990. The van der Waals surface area contributed by atoms with E-state index in [2.05, 4.69) is 15.9 Å². The van der Waals surface area contributed by atoms with Gasteiger partial charge in [-0.05, 0) is 18.2 Å². The highest BCUT2D eigenvalue weighted by molar-refractivity contribution is 9.10. The second-order valence-electron chi connectivity index (χ2n) is 4.62. The van der Waals surface area contributed by atoms with Crippen molar-refractivity contribution in [2.24, 2.45) is 0 Å². The van der Waals surface area contributed by atoms with Gasteiger partial charge in [0.25, 0.3) is 0 Å². The monoisotopic (exact) mass is 490 g/mol. The molecule has 1 nitrogen and oxygen atoms in total. The van der Waals surface area contributed by atoms with Crippen molar-refractivity contribution in [2.75, 3.05) is 0 Å². The van der Waals surface area contributed by atoms with Crippen molar-refractivity contribution in [3.8, 4) is 0 Å². The van der Waals surface area contributed by atoms with E-state index >= 15 is 0 Å². The minimum absolute atomic E-state index is 0.218. The highest BCUT2D eigenvalue weighted by Gasteiger charge is 2.81. The molecule has 150 valence electrons. The maximum atomic E-state index is 14.2. The zero-order chi connectivity index (χ0) is 20.9. The summed E-state index contributed by atoms with van der Waals surface area (Å²) in [4.78, 5) is -1.66. The molecule has 26 heavy (non-hydrogen) atoms. The van der Waals surface area contributed by atoms with Gasteiger partial charge in [0.2, 0.25) is 0 Å². The van der Waals surface area contributed by atoms with Crippen molar-refractivity contribution < 1.29 is 56.9 Å². The molecule has 0 amide bonds. The van der Waals surface area contributed by atoms with Crippen LogP contribution in [0.2, 0.25) is 0 Å². The standard InChI is InChI=1S/C11H3BrF12OS/c12-5-1-4(2-6(3-5)26(25)11(22,23)24)7(13,9(16,17)18)8(14,15)10(19,20)21/h1-3H. The van der Waals surface area contributed by atoms with Gasteiger partial charge in [-0.3, -0.25) is 0 Å². The average Bonchev–Trinajstić information content (AvgIpc) is 2.41. The largest absolute Gasteiger partial charge is 0.475 e. The van der Waals surface area contributed by atoms with Gasteiger partial charge in [0, 0.05) is 14.9 Å². The highest BCUT2D eigenvalue weighted by atomic mass is 79.9. The highest BCUT2D eigenvalue weighted by Crippen LogP contribution is 2.58. The molecule has 2 atom stereocenters. The number of rotatable bonds is 3. The van der Waals surface area contributed by atoms with Crippen LogP contribution in [0, 0.1) is 0 Å². The summed E-state index contributed by atoms with van der Waals surface area (Å²) >= 11 is 2.26. The predicted molar refractivity (Wildman–Crippen MR) is 66.4 cm³/mol. The van der Waals surface area contributed by atoms with Gasteiger partial charge in [-0.25, -0.2) is 8.60 Å². The van der Waals surface area contributed by atoms with E-state index in [9.17, 15) is 56.9 Å². The quantitative estimate of drug-likeness (QED) is 0.475. The van der Waals surface area contributed by atoms with E-state index in [1.165, 1.54) is 0 Å². The lowest BCUT2D eigenvalue weighted by molar-refractivity contribution is -0.389. The van der Waals surface area contributed by atoms with Crippen LogP contribution in [0.25, 0.3) is 0 Å². The van der Waals surface area contributed by atoms with Crippen LogP contribution in [0.4, 0.5) is 52.7 Å². The summed E-state index contributed by atoms with van der Waals surface area (Å²) < 4.78 is 164. The number of benzene rings is 1. The fourth-order valence-electron chi connectivity index (χ4n) is 1.72. The van der Waals surface area contributed by atoms with E-state index < -0.39 is 61.2 Å². The smallest absolute Gasteiger partial charge is 0.245 e. The fraction of sp³-hybridized carbons (Fsp3) is 0.455. The molecular formula is C11H3BrF12OS. The molecule has 0 spiro atoms. The van der Waals surface area contributed by atoms with Gasteiger partial charge in [-0.15, -0.1) is 0 Å². The van der Waals surface area contributed by atoms with E-state index in [4.69, 9.17) is 0 Å². The van der Waals surface area contributed by atoms with Crippen LogP contribution >= 0.6 is 15.9 Å². The molecule has 15 heteroatoms. The fourth-order valence-corrected chi connectivity index (χ4v) is 3.10. The molecule has 1 rings (SSSR count). The number of alkyl halides is 12. The van der Waals surface area contributed by atoms with Crippen LogP contribution in [0.3, 0.4) is 0 Å². The zero-order valence-corrected chi connectivity index (χ0v) is 13.9. The summed E-state index contributed by atoms with van der Waals surface area (Å²) in [6, 6.07) is -0.596. The van der Waals surface area contributed by atoms with Gasteiger partial charge < -0.3 is 0 Å². The topological polar surface area (TPSA) is 17.1 Å². The summed E-state index contributed by atoms with van der Waals surface area (Å²) in [7, 11) is -4.12. The average molecular weight is 491 g/mol. The zero-order valence-electron chi connectivity index (χ0n) is 11.5. The van der Waals surface area contributed by atoms with Gasteiger partial charge in [-0.1, -0.05) is 15.9 Å². The molecule has 1 aromatic carbocycles. The normalized spacial score (nSPS) is 17.7. The Morgan fingerprint density at radius 3 is 1.54 bits per heavy atom. The lowest BCUT2D eigenvalue weighted by Gasteiger charge is -2.36. The molecule has 0 aliphatic heterocycles. The van der Waals surface area contributed by atoms with Crippen LogP contribution in [0.5, 0.6) is 0 Å². The lowest BCUT2D eigenvalue weighted by Crippen LogP contribution is -2.59. The Labute approximate surface area is 146 Å². The molecule has 0 bridgehead atoms. The molecule has 0 fully saturated rings. The summed E-state index contributed by atoms with van der Waals surface area (Å²) in [6.07, 6.45) is -13.9. The van der Waals surface area contributed by atoms with E-state index in [1.54, 1.807) is 0 Å². The first-order valence-electron chi connectivity index (χ1n) is 5.76. The van der Waals surface area contributed by atoms with Crippen molar-refractivity contribution in [2.45, 2.75) is 34.3 Å². The van der Waals surface area contributed by atoms with Crippen LogP contribution in [0.15, 0.2) is 27.6 Å². The molecular weight excluding hydrogens is 488 g/mol. The molecule has 1 aromatic rings. The molecule has 0 aliphatic carbocycles. The summed E-state index contributed by atoms with van der Waals surface area (Å²) in [5, 5.41) is 0. The maximum absolute atomic E-state index is 14.2. The first kappa shape index (κ1) is 23.0. The summed E-state index contributed by atoms with van der Waals surface area (Å²) in [5.74, 6) is -7.06. The molecule has 0 saturated heterocycles. The molecule has 0 saturated carbocycles. The van der Waals surface area contributed by atoms with Crippen molar-refractivity contribution in [1.29, 1.82) is 0 Å². The summed E-state index contributed by atoms with van der Waals surface area (Å²) in [5.41, 5.74) is -14.5. The predicted octanol–water partition coefficient (Wildman–Crippen LogP) is 6.00. The SMILES string of the molecule is O=S(c1cc(Br)cc(C(F)(C(F)(F)F)C(F)(F)C(F)(F)F)c1)C(F)(F)F. The van der Waals surface area contributed by atoms with Gasteiger partial charge >= 0.3 is 29.5 Å². The Morgan fingerprint density at radius 2 is 1.19 bits per heavy atom. The van der Waals surface area contributed by atoms with Gasteiger partial charge in [0.1, 0.15) is 0 Å². The van der Waals surface area contributed by atoms with Crippen LogP contribution in [-0.2, 0) is 16.5 Å². The third-order valence-electron chi connectivity index (χ3n) is 2.87. The molecule has 2 unspecified atom stereocenters. The Morgan fingerprint density at radius 1 is 0.731 bits per heavy atom. The van der Waals surface area contributed by atoms with Crippen LogP contribution in [-0.4, -0.2) is 28.0 Å². The van der Waals surface area contributed by atoms with Gasteiger partial charge in [0.15, 0.2) is 10.8 Å². The van der Waals surface area contributed by atoms with Crippen LogP contribution in [0.1, 0.15) is 5.56 Å². The first-order chi connectivity index (χ1) is 11.3. The van der Waals surface area contributed by atoms with Crippen molar-refractivity contribution in [3.05, 3.63) is 28.2 Å². The molecule has 0 aromatic heterocycles. The number of hydrogen-bond donors (Lipinski definition) is 0. The molecule has 0 radical (unpaired) electrons. The van der Waals surface area contributed by atoms with Crippen LogP contribution < -0.4 is 0 Å². The van der Waals surface area contributed by atoms with E-state index in [0.29, 0.717) is 0 Å². The van der Waals surface area contributed by atoms with E-state index in [1.807, 2.05) is 0 Å². The second-order valence-corrected chi connectivity index (χ2v) is 7.01. The van der Waals surface area contributed by atoms with Crippen molar-refractivity contribution in [3.63, 3.8) is 0 Å². The minimum atomic E-state index is -7.06. The molecule has 0 N–H and O–H groups in total.